The fraction of sp³-hybridized carbons (Fsp3) is 0.741. The third-order valence-corrected chi connectivity index (χ3v) is 5.68. The predicted octanol–water partition coefficient (Wildman–Crippen LogP) is 7.53. The summed E-state index contributed by atoms with van der Waals surface area (Å²) in [6.07, 6.45) is 17.3. The largest absolute Gasteiger partial charge is 0.461 e. The van der Waals surface area contributed by atoms with Gasteiger partial charge in [-0.1, -0.05) is 104 Å². The van der Waals surface area contributed by atoms with Crippen molar-refractivity contribution in [2.45, 2.75) is 111 Å². The van der Waals surface area contributed by atoms with Gasteiger partial charge in [-0.15, -0.1) is 0 Å². The Hall–Kier alpha value is -1.91. The van der Waals surface area contributed by atoms with Crippen LogP contribution in [0, 0.1) is 5.92 Å². The third-order valence-electron chi connectivity index (χ3n) is 5.68. The van der Waals surface area contributed by atoms with Crippen LogP contribution in [-0.4, -0.2) is 30.1 Å². The molecular weight excluding hydrogens is 402 g/mol. The van der Waals surface area contributed by atoms with E-state index < -0.39 is 11.9 Å². The van der Waals surface area contributed by atoms with Gasteiger partial charge in [0.25, 0.3) is 0 Å². The highest BCUT2D eigenvalue weighted by atomic mass is 16.5. The lowest BCUT2D eigenvalue weighted by molar-refractivity contribution is 0.0435. The molecule has 0 N–H and O–H groups in total. The van der Waals surface area contributed by atoms with Crippen molar-refractivity contribution in [3.8, 4) is 0 Å². The van der Waals surface area contributed by atoms with E-state index in [4.69, 9.17) is 9.47 Å². The maximum Gasteiger partial charge on any atom is 0.356 e. The first-order chi connectivity index (χ1) is 15.6. The van der Waals surface area contributed by atoms with Crippen LogP contribution in [0.15, 0.2) is 18.2 Å². The Bertz CT molecular complexity index is 632. The summed E-state index contributed by atoms with van der Waals surface area (Å²) >= 11 is 0. The number of pyridine rings is 1. The SMILES string of the molecule is CCCCCCCCCCCCCCOC(=O)c1cccc(C(=O)OCC(C)CCC)n1. The summed E-state index contributed by atoms with van der Waals surface area (Å²) in [5, 5.41) is 0. The summed E-state index contributed by atoms with van der Waals surface area (Å²) in [7, 11) is 0. The molecule has 0 fully saturated rings. The fourth-order valence-corrected chi connectivity index (χ4v) is 3.71. The number of rotatable bonds is 19. The molecule has 0 aliphatic carbocycles. The summed E-state index contributed by atoms with van der Waals surface area (Å²) in [5.74, 6) is -0.668. The lowest BCUT2D eigenvalue weighted by Gasteiger charge is -2.11. The Morgan fingerprint density at radius 2 is 1.25 bits per heavy atom. The molecule has 182 valence electrons. The van der Waals surface area contributed by atoms with Gasteiger partial charge in [-0.25, -0.2) is 14.6 Å². The molecule has 1 rings (SSSR count). The van der Waals surface area contributed by atoms with Crippen LogP contribution < -0.4 is 0 Å². The van der Waals surface area contributed by atoms with Crippen LogP contribution >= 0.6 is 0 Å². The molecule has 1 atom stereocenters. The van der Waals surface area contributed by atoms with Crippen molar-refractivity contribution in [2.75, 3.05) is 13.2 Å². The zero-order valence-electron chi connectivity index (χ0n) is 20.7. The molecule has 0 aromatic carbocycles. The van der Waals surface area contributed by atoms with Gasteiger partial charge in [0.2, 0.25) is 0 Å². The number of unbranched alkanes of at least 4 members (excludes halogenated alkanes) is 11. The molecule has 1 aromatic rings. The van der Waals surface area contributed by atoms with Gasteiger partial charge in [-0.05, 0) is 30.9 Å². The monoisotopic (exact) mass is 447 g/mol. The van der Waals surface area contributed by atoms with E-state index in [9.17, 15) is 9.59 Å². The average Bonchev–Trinajstić information content (AvgIpc) is 2.80. The molecule has 0 saturated carbocycles. The first kappa shape index (κ1) is 28.1. The number of nitrogens with zero attached hydrogens (tertiary/aromatic N) is 1. The Labute approximate surface area is 195 Å². The lowest BCUT2D eigenvalue weighted by atomic mass is 10.1. The molecule has 5 heteroatoms. The van der Waals surface area contributed by atoms with E-state index in [-0.39, 0.29) is 11.4 Å². The Morgan fingerprint density at radius 3 is 1.78 bits per heavy atom. The molecule has 5 nitrogen and oxygen atoms in total. The highest BCUT2D eigenvalue weighted by Crippen LogP contribution is 2.12. The number of aromatic nitrogens is 1. The van der Waals surface area contributed by atoms with Crippen molar-refractivity contribution in [1.82, 2.24) is 4.98 Å². The summed E-state index contributed by atoms with van der Waals surface area (Å²) in [5.41, 5.74) is 0.300. The zero-order chi connectivity index (χ0) is 23.4. The molecule has 1 heterocycles. The number of esters is 2. The minimum absolute atomic E-state index is 0.147. The van der Waals surface area contributed by atoms with Crippen LogP contribution in [0.4, 0.5) is 0 Å². The van der Waals surface area contributed by atoms with Crippen LogP contribution in [0.5, 0.6) is 0 Å². The number of hydrogen-bond donors (Lipinski definition) is 0. The second-order valence-corrected chi connectivity index (χ2v) is 8.93. The average molecular weight is 448 g/mol. The van der Waals surface area contributed by atoms with Gasteiger partial charge in [0.05, 0.1) is 13.2 Å². The van der Waals surface area contributed by atoms with E-state index in [1.165, 1.54) is 64.2 Å². The van der Waals surface area contributed by atoms with E-state index >= 15 is 0 Å². The summed E-state index contributed by atoms with van der Waals surface area (Å²) in [6, 6.07) is 4.77. The Morgan fingerprint density at radius 1 is 0.750 bits per heavy atom. The standard InChI is InChI=1S/C27H45NO4/c1-4-6-7-8-9-10-11-12-13-14-15-16-21-31-26(29)24-19-17-20-25(28-24)27(30)32-22-23(3)18-5-2/h17,19-20,23H,4-16,18,21-22H2,1-3H3. The molecule has 0 aliphatic heterocycles. The molecule has 1 aromatic heterocycles. The van der Waals surface area contributed by atoms with E-state index in [2.05, 4.69) is 18.8 Å². The lowest BCUT2D eigenvalue weighted by Crippen LogP contribution is -2.15. The molecule has 0 saturated heterocycles. The number of carbonyl (C=O) groups is 2. The van der Waals surface area contributed by atoms with Gasteiger partial charge in [0.1, 0.15) is 11.4 Å². The molecule has 32 heavy (non-hydrogen) atoms. The molecule has 0 radical (unpaired) electrons. The maximum atomic E-state index is 12.2. The molecule has 0 amide bonds. The van der Waals surface area contributed by atoms with E-state index in [0.717, 1.165) is 25.7 Å². The highest BCUT2D eigenvalue weighted by Gasteiger charge is 2.15. The number of hydrogen-bond acceptors (Lipinski definition) is 5. The van der Waals surface area contributed by atoms with E-state index in [1.54, 1.807) is 18.2 Å². The first-order valence-electron chi connectivity index (χ1n) is 12.9. The fourth-order valence-electron chi connectivity index (χ4n) is 3.71. The van der Waals surface area contributed by atoms with E-state index in [0.29, 0.717) is 19.1 Å². The smallest absolute Gasteiger partial charge is 0.356 e. The summed E-state index contributed by atoms with van der Waals surface area (Å²) in [6.45, 7) is 7.16. The Kier molecular flexibility index (Phi) is 16.4. The second kappa shape index (κ2) is 18.6. The van der Waals surface area contributed by atoms with Crippen LogP contribution in [0.3, 0.4) is 0 Å². The molecule has 0 aliphatic rings. The van der Waals surface area contributed by atoms with Crippen LogP contribution in [0.25, 0.3) is 0 Å². The second-order valence-electron chi connectivity index (χ2n) is 8.93. The van der Waals surface area contributed by atoms with Crippen molar-refractivity contribution in [2.24, 2.45) is 5.92 Å². The van der Waals surface area contributed by atoms with Gasteiger partial charge >= 0.3 is 11.9 Å². The third kappa shape index (κ3) is 13.5. The van der Waals surface area contributed by atoms with Crippen LogP contribution in [-0.2, 0) is 9.47 Å². The minimum Gasteiger partial charge on any atom is -0.461 e. The van der Waals surface area contributed by atoms with Gasteiger partial charge in [0.15, 0.2) is 0 Å². The van der Waals surface area contributed by atoms with Crippen molar-refractivity contribution in [3.05, 3.63) is 29.6 Å². The zero-order valence-corrected chi connectivity index (χ0v) is 20.7. The van der Waals surface area contributed by atoms with Crippen LogP contribution in [0.2, 0.25) is 0 Å². The quantitative estimate of drug-likeness (QED) is 0.162. The summed E-state index contributed by atoms with van der Waals surface area (Å²) < 4.78 is 10.6. The van der Waals surface area contributed by atoms with Gasteiger partial charge in [0, 0.05) is 0 Å². The van der Waals surface area contributed by atoms with Gasteiger partial charge in [-0.3, -0.25) is 0 Å². The van der Waals surface area contributed by atoms with Crippen molar-refractivity contribution in [3.63, 3.8) is 0 Å². The predicted molar refractivity (Wildman–Crippen MR) is 130 cm³/mol. The van der Waals surface area contributed by atoms with Crippen molar-refractivity contribution in [1.29, 1.82) is 0 Å². The van der Waals surface area contributed by atoms with Gasteiger partial charge < -0.3 is 9.47 Å². The topological polar surface area (TPSA) is 65.5 Å². The molecule has 0 bridgehead atoms. The van der Waals surface area contributed by atoms with Crippen LogP contribution in [0.1, 0.15) is 132 Å². The first-order valence-corrected chi connectivity index (χ1v) is 12.9. The van der Waals surface area contributed by atoms with Gasteiger partial charge in [-0.2, -0.15) is 0 Å². The highest BCUT2D eigenvalue weighted by molar-refractivity contribution is 5.91. The van der Waals surface area contributed by atoms with E-state index in [1.807, 2.05) is 6.92 Å². The number of ether oxygens (including phenoxy) is 2. The number of carbonyl (C=O) groups excluding carboxylic acids is 2. The normalized spacial score (nSPS) is 11.8. The molecule has 1 unspecified atom stereocenters. The molecule has 0 spiro atoms. The van der Waals surface area contributed by atoms with Crippen molar-refractivity contribution >= 4 is 11.9 Å². The summed E-state index contributed by atoms with van der Waals surface area (Å²) in [4.78, 5) is 28.5. The van der Waals surface area contributed by atoms with Crippen molar-refractivity contribution < 1.29 is 19.1 Å². The minimum atomic E-state index is -0.497. The Balaban J connectivity index is 2.14. The molecular formula is C27H45NO4. The maximum absolute atomic E-state index is 12.2.